The first-order chi connectivity index (χ1) is 14.5. The quantitative estimate of drug-likeness (QED) is 0.532. The van der Waals surface area contributed by atoms with Crippen molar-refractivity contribution in [2.24, 2.45) is 13.0 Å². The van der Waals surface area contributed by atoms with Gasteiger partial charge in [-0.15, -0.1) is 0 Å². The standard InChI is InChI=1S/C22H23N5O3/c1-12(13-6-21(28)24-9-13)30-22-17-11-27(2)26-20(17)8-19(25-22)16-10-23-18-5-4-14(29-3)7-15(16)18/h4-5,7-8,10-13,23H,6,9H2,1-3H3,(H,24,28). The maximum Gasteiger partial charge on any atom is 0.225 e. The van der Waals surface area contributed by atoms with Gasteiger partial charge in [0.2, 0.25) is 11.8 Å². The molecule has 30 heavy (non-hydrogen) atoms. The van der Waals surface area contributed by atoms with Crippen LogP contribution >= 0.6 is 0 Å². The van der Waals surface area contributed by atoms with E-state index in [1.54, 1.807) is 11.8 Å². The van der Waals surface area contributed by atoms with Crippen LogP contribution in [0.1, 0.15) is 13.3 Å². The SMILES string of the molecule is COc1ccc2[nH]cc(-c3cc4nn(C)cc4c(OC(C)C4CNC(=O)C4)n3)c2c1. The summed E-state index contributed by atoms with van der Waals surface area (Å²) in [6, 6.07) is 7.87. The highest BCUT2D eigenvalue weighted by atomic mass is 16.5. The summed E-state index contributed by atoms with van der Waals surface area (Å²) >= 11 is 0. The Bertz CT molecular complexity index is 1260. The van der Waals surface area contributed by atoms with Gasteiger partial charge in [0.25, 0.3) is 0 Å². The molecule has 154 valence electrons. The lowest BCUT2D eigenvalue weighted by Gasteiger charge is -2.19. The van der Waals surface area contributed by atoms with Gasteiger partial charge in [-0.1, -0.05) is 0 Å². The highest BCUT2D eigenvalue weighted by Crippen LogP contribution is 2.35. The lowest BCUT2D eigenvalue weighted by molar-refractivity contribution is -0.119. The molecule has 0 radical (unpaired) electrons. The Labute approximate surface area is 173 Å². The number of methoxy groups -OCH3 is 1. The van der Waals surface area contributed by atoms with E-state index in [0.29, 0.717) is 18.8 Å². The fourth-order valence-corrected chi connectivity index (χ4v) is 4.01. The minimum Gasteiger partial charge on any atom is -0.497 e. The van der Waals surface area contributed by atoms with Gasteiger partial charge in [-0.25, -0.2) is 4.98 Å². The van der Waals surface area contributed by atoms with E-state index in [-0.39, 0.29) is 17.9 Å². The van der Waals surface area contributed by atoms with Crippen molar-refractivity contribution in [3.8, 4) is 22.9 Å². The number of aryl methyl sites for hydroxylation is 1. The fraction of sp³-hybridized carbons (Fsp3) is 0.318. The molecule has 1 aromatic carbocycles. The summed E-state index contributed by atoms with van der Waals surface area (Å²) in [4.78, 5) is 19.7. The van der Waals surface area contributed by atoms with Crippen LogP contribution in [0.5, 0.6) is 11.6 Å². The van der Waals surface area contributed by atoms with Crippen molar-refractivity contribution in [1.29, 1.82) is 0 Å². The molecule has 1 fully saturated rings. The van der Waals surface area contributed by atoms with Gasteiger partial charge in [-0.2, -0.15) is 5.10 Å². The average Bonchev–Trinajstić information content (AvgIpc) is 3.44. The number of aromatic amines is 1. The summed E-state index contributed by atoms with van der Waals surface area (Å²) in [5.41, 5.74) is 3.53. The van der Waals surface area contributed by atoms with Gasteiger partial charge in [0.15, 0.2) is 0 Å². The summed E-state index contributed by atoms with van der Waals surface area (Å²) in [5, 5.41) is 9.31. The number of amides is 1. The maximum absolute atomic E-state index is 11.6. The first-order valence-corrected chi connectivity index (χ1v) is 9.95. The number of benzene rings is 1. The van der Waals surface area contributed by atoms with Crippen molar-refractivity contribution >= 4 is 27.7 Å². The first kappa shape index (κ1) is 18.5. The van der Waals surface area contributed by atoms with Crippen molar-refractivity contribution in [2.75, 3.05) is 13.7 Å². The minimum atomic E-state index is -0.154. The number of nitrogens with zero attached hydrogens (tertiary/aromatic N) is 3. The zero-order chi connectivity index (χ0) is 20.8. The monoisotopic (exact) mass is 405 g/mol. The van der Waals surface area contributed by atoms with Crippen molar-refractivity contribution in [2.45, 2.75) is 19.4 Å². The molecule has 0 aliphatic carbocycles. The largest absolute Gasteiger partial charge is 0.497 e. The molecule has 2 N–H and O–H groups in total. The molecule has 0 saturated carbocycles. The van der Waals surface area contributed by atoms with Gasteiger partial charge in [-0.3, -0.25) is 9.48 Å². The van der Waals surface area contributed by atoms with Crippen LogP contribution in [0.4, 0.5) is 0 Å². The number of rotatable bonds is 5. The number of aromatic nitrogens is 4. The van der Waals surface area contributed by atoms with Crippen LogP contribution in [0.2, 0.25) is 0 Å². The lowest BCUT2D eigenvalue weighted by atomic mass is 10.0. The molecule has 1 aliphatic rings. The van der Waals surface area contributed by atoms with Gasteiger partial charge in [-0.05, 0) is 31.2 Å². The zero-order valence-electron chi connectivity index (χ0n) is 17.1. The zero-order valence-corrected chi connectivity index (χ0v) is 17.1. The Morgan fingerprint density at radius 2 is 2.13 bits per heavy atom. The number of carbonyl (C=O) groups excluding carboxylic acids is 1. The topological polar surface area (TPSA) is 94.1 Å². The molecule has 4 aromatic rings. The molecule has 1 aliphatic heterocycles. The first-order valence-electron chi connectivity index (χ1n) is 9.95. The van der Waals surface area contributed by atoms with E-state index in [0.717, 1.165) is 38.8 Å². The molecule has 4 heterocycles. The molecule has 5 rings (SSSR count). The van der Waals surface area contributed by atoms with Crippen LogP contribution < -0.4 is 14.8 Å². The second-order valence-electron chi connectivity index (χ2n) is 7.75. The summed E-state index contributed by atoms with van der Waals surface area (Å²) in [6.07, 6.45) is 4.16. The van der Waals surface area contributed by atoms with Crippen LogP contribution in [-0.4, -0.2) is 45.4 Å². The highest BCUT2D eigenvalue weighted by Gasteiger charge is 2.29. The molecule has 8 nitrogen and oxygen atoms in total. The lowest BCUT2D eigenvalue weighted by Crippen LogP contribution is -2.26. The maximum atomic E-state index is 11.6. The van der Waals surface area contributed by atoms with Gasteiger partial charge in [0, 0.05) is 54.8 Å². The van der Waals surface area contributed by atoms with Crippen molar-refractivity contribution in [3.05, 3.63) is 36.7 Å². The number of hydrogen-bond donors (Lipinski definition) is 2. The van der Waals surface area contributed by atoms with E-state index in [9.17, 15) is 4.79 Å². The van der Waals surface area contributed by atoms with E-state index >= 15 is 0 Å². The number of hydrogen-bond acceptors (Lipinski definition) is 5. The molecule has 1 amide bonds. The van der Waals surface area contributed by atoms with Gasteiger partial charge >= 0.3 is 0 Å². The number of carbonyl (C=O) groups is 1. The van der Waals surface area contributed by atoms with Gasteiger partial charge in [0.05, 0.1) is 23.7 Å². The smallest absolute Gasteiger partial charge is 0.225 e. The summed E-state index contributed by atoms with van der Waals surface area (Å²) in [5.74, 6) is 1.49. The van der Waals surface area contributed by atoms with Gasteiger partial charge < -0.3 is 19.8 Å². The molecular weight excluding hydrogens is 382 g/mol. The van der Waals surface area contributed by atoms with Gasteiger partial charge in [0.1, 0.15) is 11.9 Å². The third-order valence-electron chi connectivity index (χ3n) is 5.72. The normalized spacial score (nSPS) is 17.4. The molecule has 2 atom stereocenters. The number of H-pyrrole nitrogens is 1. The number of fused-ring (bicyclic) bond motifs is 2. The number of nitrogens with one attached hydrogen (secondary N) is 2. The van der Waals surface area contributed by atoms with Crippen LogP contribution in [0.25, 0.3) is 33.1 Å². The Kier molecular flexibility index (Phi) is 4.34. The summed E-state index contributed by atoms with van der Waals surface area (Å²) in [7, 11) is 3.53. The van der Waals surface area contributed by atoms with E-state index in [4.69, 9.17) is 14.5 Å². The van der Waals surface area contributed by atoms with E-state index < -0.39 is 0 Å². The molecule has 3 aromatic heterocycles. The molecule has 8 heteroatoms. The predicted octanol–water partition coefficient (Wildman–Crippen LogP) is 3.03. The van der Waals surface area contributed by atoms with Crippen LogP contribution in [-0.2, 0) is 11.8 Å². The molecular formula is C22H23N5O3. The van der Waals surface area contributed by atoms with E-state index in [1.165, 1.54) is 0 Å². The Balaban J connectivity index is 1.59. The fourth-order valence-electron chi connectivity index (χ4n) is 4.01. The van der Waals surface area contributed by atoms with Crippen molar-refractivity contribution in [1.82, 2.24) is 25.1 Å². The predicted molar refractivity (Wildman–Crippen MR) is 114 cm³/mol. The van der Waals surface area contributed by atoms with Crippen molar-refractivity contribution < 1.29 is 14.3 Å². The second-order valence-corrected chi connectivity index (χ2v) is 7.75. The summed E-state index contributed by atoms with van der Waals surface area (Å²) < 4.78 is 13.4. The Morgan fingerprint density at radius 3 is 2.90 bits per heavy atom. The molecule has 1 saturated heterocycles. The minimum absolute atomic E-state index is 0.0661. The number of ether oxygens (including phenoxy) is 2. The Morgan fingerprint density at radius 1 is 1.27 bits per heavy atom. The number of pyridine rings is 1. The highest BCUT2D eigenvalue weighted by molar-refractivity contribution is 5.97. The van der Waals surface area contributed by atoms with Crippen LogP contribution in [0.3, 0.4) is 0 Å². The van der Waals surface area contributed by atoms with Crippen molar-refractivity contribution in [3.63, 3.8) is 0 Å². The third-order valence-corrected chi connectivity index (χ3v) is 5.72. The van der Waals surface area contributed by atoms with E-state index in [1.807, 2.05) is 50.6 Å². The van der Waals surface area contributed by atoms with E-state index in [2.05, 4.69) is 15.4 Å². The van der Waals surface area contributed by atoms with Crippen LogP contribution in [0, 0.1) is 5.92 Å². The molecule has 2 unspecified atom stereocenters. The van der Waals surface area contributed by atoms with Crippen LogP contribution in [0.15, 0.2) is 36.7 Å². The molecule has 0 spiro atoms. The molecule has 0 bridgehead atoms. The third kappa shape index (κ3) is 3.14. The average molecular weight is 405 g/mol. The second kappa shape index (κ2) is 7.05. The Hall–Kier alpha value is -3.55. The summed E-state index contributed by atoms with van der Waals surface area (Å²) in [6.45, 7) is 2.61.